The van der Waals surface area contributed by atoms with Gasteiger partial charge >= 0.3 is 0 Å². The van der Waals surface area contributed by atoms with Crippen LogP contribution in [0.15, 0.2) is 47.4 Å². The molecule has 0 aliphatic carbocycles. The Morgan fingerprint density at radius 3 is 2.67 bits per heavy atom. The molecule has 2 aromatic rings. The smallest absolute Gasteiger partial charge is 0.294 e. The molecule has 0 spiro atoms. The van der Waals surface area contributed by atoms with Gasteiger partial charge in [0.05, 0.1) is 25.2 Å². The third kappa shape index (κ3) is 5.20. The number of imide groups is 1. The zero-order valence-electron chi connectivity index (χ0n) is 18.5. The Kier molecular flexibility index (Phi) is 7.00. The minimum Gasteiger partial charge on any atom is -0.496 e. The molecule has 0 radical (unpaired) electrons. The molecule has 0 saturated carbocycles. The maximum atomic E-state index is 12.9. The van der Waals surface area contributed by atoms with Crippen molar-refractivity contribution in [2.45, 2.75) is 6.92 Å². The van der Waals surface area contributed by atoms with E-state index < -0.39 is 17.1 Å². The summed E-state index contributed by atoms with van der Waals surface area (Å²) < 4.78 is 10.9. The second-order valence-corrected chi connectivity index (χ2v) is 8.65. The van der Waals surface area contributed by atoms with Crippen LogP contribution in [0.5, 0.6) is 5.75 Å². The quantitative estimate of drug-likeness (QED) is 0.651. The lowest BCUT2D eigenvalue weighted by molar-refractivity contribution is -0.127. The van der Waals surface area contributed by atoms with E-state index in [1.165, 1.54) is 0 Å². The first-order valence-electron chi connectivity index (χ1n) is 10.6. The number of aryl methyl sites for hydroxylation is 1. The molecule has 0 aromatic heterocycles. The molecule has 8 nitrogen and oxygen atoms in total. The summed E-state index contributed by atoms with van der Waals surface area (Å²) in [6.07, 6.45) is 1.63. The van der Waals surface area contributed by atoms with Crippen LogP contribution in [0.2, 0.25) is 0 Å². The van der Waals surface area contributed by atoms with Gasteiger partial charge in [-0.15, -0.1) is 0 Å². The first-order valence-corrected chi connectivity index (χ1v) is 11.4. The van der Waals surface area contributed by atoms with Gasteiger partial charge in [0.15, 0.2) is 0 Å². The fraction of sp³-hybridized carbons (Fsp3) is 0.292. The van der Waals surface area contributed by atoms with Crippen LogP contribution in [0.25, 0.3) is 6.08 Å². The summed E-state index contributed by atoms with van der Waals surface area (Å²) in [5.74, 6) is -0.326. The summed E-state index contributed by atoms with van der Waals surface area (Å²) in [5.41, 5.74) is 3.24. The van der Waals surface area contributed by atoms with Gasteiger partial charge in [-0.1, -0.05) is 18.2 Å². The molecule has 0 atom stereocenters. The molecular formula is C24H25N3O5S. The van der Waals surface area contributed by atoms with Crippen LogP contribution in [0, 0.1) is 6.92 Å². The van der Waals surface area contributed by atoms with Gasteiger partial charge in [0.1, 0.15) is 12.3 Å². The van der Waals surface area contributed by atoms with Gasteiger partial charge in [-0.2, -0.15) is 0 Å². The second kappa shape index (κ2) is 10.1. The van der Waals surface area contributed by atoms with Crippen molar-refractivity contribution in [2.75, 3.05) is 50.2 Å². The highest BCUT2D eigenvalue weighted by molar-refractivity contribution is 8.18. The molecule has 9 heteroatoms. The normalized spacial score (nSPS) is 17.6. The summed E-state index contributed by atoms with van der Waals surface area (Å²) in [6.45, 7) is 4.47. The molecule has 2 aliphatic rings. The van der Waals surface area contributed by atoms with Crippen LogP contribution >= 0.6 is 11.8 Å². The topological polar surface area (TPSA) is 88.2 Å². The number of para-hydroxylation sites is 1. The molecular weight excluding hydrogens is 442 g/mol. The number of methoxy groups -OCH3 is 1. The number of hydrogen-bond acceptors (Lipinski definition) is 7. The third-order valence-corrected chi connectivity index (χ3v) is 6.38. The number of carbonyl (C=O) groups excluding carboxylic acids is 3. The highest BCUT2D eigenvalue weighted by Gasteiger charge is 2.36. The van der Waals surface area contributed by atoms with Crippen molar-refractivity contribution in [3.8, 4) is 5.75 Å². The molecule has 2 fully saturated rings. The maximum Gasteiger partial charge on any atom is 0.294 e. The molecule has 2 heterocycles. The van der Waals surface area contributed by atoms with Gasteiger partial charge in [-0.05, 0) is 48.5 Å². The summed E-state index contributed by atoms with van der Waals surface area (Å²) >= 11 is 0.816. The van der Waals surface area contributed by atoms with E-state index in [9.17, 15) is 14.4 Å². The molecule has 0 bridgehead atoms. The van der Waals surface area contributed by atoms with E-state index >= 15 is 0 Å². The Morgan fingerprint density at radius 1 is 1.18 bits per heavy atom. The summed E-state index contributed by atoms with van der Waals surface area (Å²) in [6, 6.07) is 13.1. The average molecular weight is 468 g/mol. The van der Waals surface area contributed by atoms with E-state index in [-0.39, 0.29) is 11.4 Å². The first kappa shape index (κ1) is 22.9. The monoisotopic (exact) mass is 467 g/mol. The van der Waals surface area contributed by atoms with Crippen molar-refractivity contribution in [1.82, 2.24) is 4.90 Å². The fourth-order valence-electron chi connectivity index (χ4n) is 3.66. The van der Waals surface area contributed by atoms with E-state index in [0.717, 1.165) is 41.0 Å². The zero-order chi connectivity index (χ0) is 23.4. The van der Waals surface area contributed by atoms with Gasteiger partial charge in [0.2, 0.25) is 5.91 Å². The number of amides is 3. The minimum absolute atomic E-state index is 0.251. The van der Waals surface area contributed by atoms with Crippen molar-refractivity contribution in [1.29, 1.82) is 0 Å². The van der Waals surface area contributed by atoms with Gasteiger partial charge in [0.25, 0.3) is 11.1 Å². The SMILES string of the molecule is COc1cc(N2CCOCC2)ccc1/C=C1\SC(=O)N(CC(=O)Nc2ccccc2C)C1=O. The number of thioether (sulfide) groups is 1. The highest BCUT2D eigenvalue weighted by Crippen LogP contribution is 2.35. The van der Waals surface area contributed by atoms with Crippen LogP contribution in [0.3, 0.4) is 0 Å². The van der Waals surface area contributed by atoms with Crippen molar-refractivity contribution in [2.24, 2.45) is 0 Å². The lowest BCUT2D eigenvalue weighted by Crippen LogP contribution is -2.36. The highest BCUT2D eigenvalue weighted by atomic mass is 32.2. The van der Waals surface area contributed by atoms with Crippen molar-refractivity contribution < 1.29 is 23.9 Å². The Balaban J connectivity index is 1.48. The molecule has 0 unspecified atom stereocenters. The number of hydrogen-bond donors (Lipinski definition) is 1. The molecule has 3 amide bonds. The van der Waals surface area contributed by atoms with Crippen molar-refractivity contribution in [3.63, 3.8) is 0 Å². The Bertz CT molecular complexity index is 1110. The summed E-state index contributed by atoms with van der Waals surface area (Å²) in [7, 11) is 1.57. The number of benzene rings is 2. The largest absolute Gasteiger partial charge is 0.496 e. The van der Waals surface area contributed by atoms with Gasteiger partial charge in [0, 0.05) is 36.1 Å². The summed E-state index contributed by atoms with van der Waals surface area (Å²) in [5, 5.41) is 2.27. The van der Waals surface area contributed by atoms with Crippen LogP contribution in [-0.2, 0) is 14.3 Å². The fourth-order valence-corrected chi connectivity index (χ4v) is 4.49. The number of nitrogens with zero attached hydrogens (tertiary/aromatic N) is 2. The number of carbonyl (C=O) groups is 3. The van der Waals surface area contributed by atoms with Crippen molar-refractivity contribution in [3.05, 3.63) is 58.5 Å². The Labute approximate surface area is 196 Å². The van der Waals surface area contributed by atoms with E-state index in [4.69, 9.17) is 9.47 Å². The van der Waals surface area contributed by atoms with Crippen LogP contribution in [0.4, 0.5) is 16.2 Å². The van der Waals surface area contributed by atoms with E-state index in [2.05, 4.69) is 10.2 Å². The molecule has 4 rings (SSSR count). The lowest BCUT2D eigenvalue weighted by atomic mass is 10.1. The lowest BCUT2D eigenvalue weighted by Gasteiger charge is -2.29. The first-order chi connectivity index (χ1) is 16.0. The van der Waals surface area contributed by atoms with Crippen LogP contribution in [0.1, 0.15) is 11.1 Å². The van der Waals surface area contributed by atoms with Crippen LogP contribution < -0.4 is 15.0 Å². The number of nitrogens with one attached hydrogen (secondary N) is 1. The molecule has 2 saturated heterocycles. The maximum absolute atomic E-state index is 12.9. The molecule has 172 valence electrons. The summed E-state index contributed by atoms with van der Waals surface area (Å²) in [4.78, 5) is 41.2. The van der Waals surface area contributed by atoms with Crippen LogP contribution in [-0.4, -0.2) is 61.9 Å². The van der Waals surface area contributed by atoms with E-state index in [1.54, 1.807) is 19.3 Å². The number of rotatable bonds is 6. The number of ether oxygens (including phenoxy) is 2. The number of morpholine rings is 1. The Hall–Kier alpha value is -3.30. The molecule has 2 aromatic carbocycles. The standard InChI is InChI=1S/C24H25N3O5S/c1-16-5-3-4-6-19(16)25-22(28)15-27-23(29)21(33-24(27)30)13-17-7-8-18(14-20(17)31-2)26-9-11-32-12-10-26/h3-8,13-14H,9-12,15H2,1-2H3,(H,25,28)/b21-13-. The molecule has 2 aliphatic heterocycles. The minimum atomic E-state index is -0.496. The molecule has 1 N–H and O–H groups in total. The van der Waals surface area contributed by atoms with E-state index in [0.29, 0.717) is 30.2 Å². The third-order valence-electron chi connectivity index (χ3n) is 5.47. The number of anilines is 2. The Morgan fingerprint density at radius 2 is 1.94 bits per heavy atom. The van der Waals surface area contributed by atoms with Crippen molar-refractivity contribution >= 4 is 46.3 Å². The second-order valence-electron chi connectivity index (χ2n) is 7.66. The van der Waals surface area contributed by atoms with Gasteiger partial charge in [-0.3, -0.25) is 19.3 Å². The molecule has 33 heavy (non-hydrogen) atoms. The van der Waals surface area contributed by atoms with Gasteiger partial charge < -0.3 is 19.7 Å². The predicted octanol–water partition coefficient (Wildman–Crippen LogP) is 3.52. The average Bonchev–Trinajstić information content (AvgIpc) is 3.08. The zero-order valence-corrected chi connectivity index (χ0v) is 19.3. The predicted molar refractivity (Wildman–Crippen MR) is 129 cm³/mol. The van der Waals surface area contributed by atoms with E-state index in [1.807, 2.05) is 43.3 Å². The van der Waals surface area contributed by atoms with Gasteiger partial charge in [-0.25, -0.2) is 0 Å².